The van der Waals surface area contributed by atoms with Crippen molar-refractivity contribution in [3.63, 3.8) is 0 Å². The Hall–Kier alpha value is -4.95. The number of aromatic nitrogens is 4. The zero-order chi connectivity index (χ0) is 32.2. The van der Waals surface area contributed by atoms with Gasteiger partial charge in [0.15, 0.2) is 0 Å². The standard InChI is InChI=1S/C30H27F6N7O2/c31-29(32,33)22-12-15-24(30(34,35)36)25(16-22)37-28(45)43(23-13-10-20(11-14-23)19-4-2-1-3-5-19)17-18-6-8-21(9-7-18)26(44)38-27-39-41-42-40-27/h6-16,19H,1-5,17H2,(H,37,45)(H2,38,39,40,41,42,44). The minimum Gasteiger partial charge on any atom is -0.307 e. The number of nitrogens with zero attached hydrogens (tertiary/aromatic N) is 4. The van der Waals surface area contributed by atoms with Gasteiger partial charge in [-0.1, -0.05) is 48.6 Å². The normalized spacial score (nSPS) is 14.2. The Labute approximate surface area is 253 Å². The summed E-state index contributed by atoms with van der Waals surface area (Å²) in [5.41, 5.74) is -1.72. The molecule has 9 nitrogen and oxygen atoms in total. The van der Waals surface area contributed by atoms with Gasteiger partial charge in [-0.15, -0.1) is 5.10 Å². The molecule has 1 heterocycles. The summed E-state index contributed by atoms with van der Waals surface area (Å²) in [4.78, 5) is 27.2. The first-order valence-electron chi connectivity index (χ1n) is 14.0. The van der Waals surface area contributed by atoms with Crippen LogP contribution in [0, 0.1) is 0 Å². The third-order valence-corrected chi connectivity index (χ3v) is 7.55. The number of carbonyl (C=O) groups excluding carboxylic acids is 2. The number of hydrogen-bond donors (Lipinski definition) is 3. The van der Waals surface area contributed by atoms with Gasteiger partial charge in [-0.3, -0.25) is 15.0 Å². The van der Waals surface area contributed by atoms with Crippen LogP contribution in [0.3, 0.4) is 0 Å². The van der Waals surface area contributed by atoms with Crippen LogP contribution in [0.1, 0.15) is 70.6 Å². The molecular formula is C30H27F6N7O2. The third kappa shape index (κ3) is 7.77. The molecule has 0 radical (unpaired) electrons. The van der Waals surface area contributed by atoms with E-state index in [4.69, 9.17) is 0 Å². The summed E-state index contributed by atoms with van der Waals surface area (Å²) >= 11 is 0. The molecule has 0 atom stereocenters. The maximum absolute atomic E-state index is 13.7. The fourth-order valence-corrected chi connectivity index (χ4v) is 5.23. The van der Waals surface area contributed by atoms with Crippen molar-refractivity contribution in [2.45, 2.75) is 56.9 Å². The molecule has 1 aliphatic carbocycles. The van der Waals surface area contributed by atoms with Gasteiger partial charge in [-0.25, -0.2) is 4.79 Å². The fraction of sp³-hybridized carbons (Fsp3) is 0.300. The summed E-state index contributed by atoms with van der Waals surface area (Å²) in [6.07, 6.45) is -4.56. The molecule has 0 bridgehead atoms. The van der Waals surface area contributed by atoms with Crippen LogP contribution in [0.5, 0.6) is 0 Å². The second-order valence-electron chi connectivity index (χ2n) is 10.6. The number of carbonyl (C=O) groups is 2. The monoisotopic (exact) mass is 631 g/mol. The Bertz CT molecular complexity index is 1620. The molecule has 236 valence electrons. The van der Waals surface area contributed by atoms with E-state index in [1.165, 1.54) is 24.3 Å². The van der Waals surface area contributed by atoms with Gasteiger partial charge in [0.1, 0.15) is 0 Å². The van der Waals surface area contributed by atoms with Crippen LogP contribution in [0.4, 0.5) is 48.5 Å². The van der Waals surface area contributed by atoms with E-state index in [2.05, 4.69) is 31.3 Å². The molecular weight excluding hydrogens is 604 g/mol. The summed E-state index contributed by atoms with van der Waals surface area (Å²) in [5, 5.41) is 17.3. The van der Waals surface area contributed by atoms with Crippen LogP contribution in [0.2, 0.25) is 0 Å². The highest BCUT2D eigenvalue weighted by Crippen LogP contribution is 2.39. The molecule has 0 aliphatic heterocycles. The highest BCUT2D eigenvalue weighted by molar-refractivity contribution is 6.03. The molecule has 5 rings (SSSR count). The molecule has 1 aromatic heterocycles. The highest BCUT2D eigenvalue weighted by atomic mass is 19.4. The molecule has 1 saturated carbocycles. The van der Waals surface area contributed by atoms with Crippen molar-refractivity contribution < 1.29 is 35.9 Å². The summed E-state index contributed by atoms with van der Waals surface area (Å²) in [6, 6.07) is 12.8. The minimum atomic E-state index is -5.03. The molecule has 45 heavy (non-hydrogen) atoms. The fourth-order valence-electron chi connectivity index (χ4n) is 5.23. The van der Waals surface area contributed by atoms with E-state index in [1.54, 1.807) is 12.1 Å². The van der Waals surface area contributed by atoms with Crippen LogP contribution in [-0.4, -0.2) is 32.6 Å². The summed E-state index contributed by atoms with van der Waals surface area (Å²) in [7, 11) is 0. The van der Waals surface area contributed by atoms with E-state index < -0.39 is 41.1 Å². The molecule has 3 N–H and O–H groups in total. The van der Waals surface area contributed by atoms with Crippen molar-refractivity contribution >= 4 is 29.3 Å². The number of rotatable bonds is 7. The Kier molecular flexibility index (Phi) is 9.06. The lowest BCUT2D eigenvalue weighted by atomic mass is 9.84. The summed E-state index contributed by atoms with van der Waals surface area (Å²) in [6.45, 7) is -0.179. The number of tetrazole rings is 1. The van der Waals surface area contributed by atoms with Crippen LogP contribution >= 0.6 is 0 Å². The highest BCUT2D eigenvalue weighted by Gasteiger charge is 2.38. The van der Waals surface area contributed by atoms with Crippen molar-refractivity contribution in [3.8, 4) is 0 Å². The van der Waals surface area contributed by atoms with E-state index in [-0.39, 0.29) is 24.1 Å². The minimum absolute atomic E-state index is 0.0450. The van der Waals surface area contributed by atoms with Gasteiger partial charge in [0.25, 0.3) is 11.9 Å². The number of amides is 3. The lowest BCUT2D eigenvalue weighted by molar-refractivity contribution is -0.140. The van der Waals surface area contributed by atoms with Gasteiger partial charge < -0.3 is 5.32 Å². The number of nitrogens with one attached hydrogen (secondary N) is 3. The van der Waals surface area contributed by atoms with Crippen LogP contribution < -0.4 is 15.5 Å². The Morgan fingerprint density at radius 3 is 2.13 bits per heavy atom. The number of aromatic amines is 1. The van der Waals surface area contributed by atoms with Crippen LogP contribution in [0.15, 0.2) is 66.7 Å². The van der Waals surface area contributed by atoms with Crippen molar-refractivity contribution in [3.05, 3.63) is 94.5 Å². The first-order chi connectivity index (χ1) is 21.4. The Morgan fingerprint density at radius 1 is 0.844 bits per heavy atom. The number of anilines is 3. The second kappa shape index (κ2) is 13.0. The number of benzene rings is 3. The maximum Gasteiger partial charge on any atom is 0.418 e. The van der Waals surface area contributed by atoms with Gasteiger partial charge >= 0.3 is 18.4 Å². The van der Waals surface area contributed by atoms with E-state index in [0.717, 1.165) is 42.6 Å². The van der Waals surface area contributed by atoms with E-state index in [1.807, 2.05) is 12.1 Å². The first-order valence-corrected chi connectivity index (χ1v) is 14.0. The van der Waals surface area contributed by atoms with Crippen molar-refractivity contribution in [1.82, 2.24) is 20.6 Å². The molecule has 4 aromatic rings. The molecule has 0 unspecified atom stereocenters. The molecule has 3 amide bonds. The van der Waals surface area contributed by atoms with Crippen molar-refractivity contribution in [2.24, 2.45) is 0 Å². The average Bonchev–Trinajstić information content (AvgIpc) is 3.53. The smallest absolute Gasteiger partial charge is 0.307 e. The number of hydrogen-bond acceptors (Lipinski definition) is 5. The predicted octanol–water partition coefficient (Wildman–Crippen LogP) is 7.78. The van der Waals surface area contributed by atoms with Gasteiger partial charge in [0.2, 0.25) is 0 Å². The molecule has 15 heteroatoms. The largest absolute Gasteiger partial charge is 0.418 e. The molecule has 0 spiro atoms. The third-order valence-electron chi connectivity index (χ3n) is 7.55. The van der Waals surface area contributed by atoms with E-state index >= 15 is 0 Å². The number of urea groups is 1. The second-order valence-corrected chi connectivity index (χ2v) is 10.6. The lowest BCUT2D eigenvalue weighted by Crippen LogP contribution is -2.35. The Morgan fingerprint density at radius 2 is 1.53 bits per heavy atom. The topological polar surface area (TPSA) is 116 Å². The lowest BCUT2D eigenvalue weighted by Gasteiger charge is -2.26. The summed E-state index contributed by atoms with van der Waals surface area (Å²) < 4.78 is 81.4. The van der Waals surface area contributed by atoms with E-state index in [0.29, 0.717) is 29.3 Å². The maximum atomic E-state index is 13.7. The van der Waals surface area contributed by atoms with Gasteiger partial charge in [-0.2, -0.15) is 31.6 Å². The van der Waals surface area contributed by atoms with Gasteiger partial charge in [0, 0.05) is 11.3 Å². The zero-order valence-corrected chi connectivity index (χ0v) is 23.5. The van der Waals surface area contributed by atoms with Crippen molar-refractivity contribution in [1.29, 1.82) is 0 Å². The zero-order valence-electron chi connectivity index (χ0n) is 23.5. The van der Waals surface area contributed by atoms with Crippen LogP contribution in [-0.2, 0) is 18.9 Å². The molecule has 1 aliphatic rings. The van der Waals surface area contributed by atoms with Crippen LogP contribution in [0.25, 0.3) is 0 Å². The number of H-pyrrole nitrogens is 1. The molecule has 3 aromatic carbocycles. The molecule has 1 fully saturated rings. The SMILES string of the molecule is O=C(Nc1nn[nH]n1)c1ccc(CN(C(=O)Nc2cc(C(F)(F)F)ccc2C(F)(F)F)c2ccc(C3CCCCC3)cc2)cc1. The number of alkyl halides is 6. The van der Waals surface area contributed by atoms with Crippen molar-refractivity contribution in [2.75, 3.05) is 15.5 Å². The predicted molar refractivity (Wildman–Crippen MR) is 152 cm³/mol. The Balaban J connectivity index is 1.44. The molecule has 0 saturated heterocycles. The van der Waals surface area contributed by atoms with E-state index in [9.17, 15) is 35.9 Å². The quantitative estimate of drug-likeness (QED) is 0.180. The van der Waals surface area contributed by atoms with Gasteiger partial charge in [-0.05, 0) is 77.6 Å². The number of halogens is 6. The first kappa shape index (κ1) is 31.5. The summed E-state index contributed by atoms with van der Waals surface area (Å²) in [5.74, 6) is -0.239. The van der Waals surface area contributed by atoms with Gasteiger partial charge in [0.05, 0.1) is 23.4 Å². The average molecular weight is 632 g/mol.